The fourth-order valence-electron chi connectivity index (χ4n) is 2.10. The molecule has 0 spiro atoms. The van der Waals surface area contributed by atoms with Gasteiger partial charge in [-0.3, -0.25) is 0 Å². The molecule has 1 rings (SSSR count). The number of nitrogens with zero attached hydrogens (tertiary/aromatic N) is 4. The molecule has 0 aromatic heterocycles. The summed E-state index contributed by atoms with van der Waals surface area (Å²) in [7, 11) is 0. The van der Waals surface area contributed by atoms with Crippen LogP contribution in [0.15, 0.2) is 0 Å². The molecule has 1 aromatic rings. The maximum atomic E-state index is 9.17. The molecule has 18 heavy (non-hydrogen) atoms. The molecule has 4 heteroatoms. The van der Waals surface area contributed by atoms with E-state index in [1.807, 2.05) is 38.1 Å². The van der Waals surface area contributed by atoms with Crippen LogP contribution in [0.5, 0.6) is 0 Å². The standard InChI is InChI=1S/C14H10N4/c1-3-9-10(4-2)12(6-16)14(8-18)13(7-17)11(9)5-15/h3-4H2,1-2H3. The highest BCUT2D eigenvalue weighted by atomic mass is 14.3. The van der Waals surface area contributed by atoms with E-state index in [0.717, 1.165) is 0 Å². The molecule has 0 heterocycles. The minimum Gasteiger partial charge on any atom is -0.192 e. The Morgan fingerprint density at radius 3 is 1.06 bits per heavy atom. The van der Waals surface area contributed by atoms with Crippen LogP contribution < -0.4 is 0 Å². The molecular weight excluding hydrogens is 224 g/mol. The lowest BCUT2D eigenvalue weighted by atomic mass is 9.86. The first kappa shape index (κ1) is 13.2. The number of benzene rings is 1. The van der Waals surface area contributed by atoms with Crippen LogP contribution in [0.1, 0.15) is 47.2 Å². The molecule has 1 aromatic carbocycles. The zero-order chi connectivity index (χ0) is 13.7. The second kappa shape index (κ2) is 5.49. The third kappa shape index (κ3) is 1.78. The molecule has 0 atom stereocenters. The van der Waals surface area contributed by atoms with Crippen molar-refractivity contribution in [2.45, 2.75) is 26.7 Å². The van der Waals surface area contributed by atoms with Gasteiger partial charge in [0.05, 0.1) is 22.3 Å². The van der Waals surface area contributed by atoms with Gasteiger partial charge in [-0.15, -0.1) is 0 Å². The normalized spacial score (nSPS) is 8.78. The van der Waals surface area contributed by atoms with E-state index >= 15 is 0 Å². The Kier molecular flexibility index (Phi) is 4.04. The SMILES string of the molecule is CCc1c(C#N)c(C#N)c(C#N)c(C#N)c1CC. The first-order chi connectivity index (χ1) is 8.69. The molecule has 0 N–H and O–H groups in total. The number of hydrogen-bond acceptors (Lipinski definition) is 4. The van der Waals surface area contributed by atoms with Crippen molar-refractivity contribution in [1.29, 1.82) is 21.0 Å². The van der Waals surface area contributed by atoms with Gasteiger partial charge in [-0.05, 0) is 24.0 Å². The van der Waals surface area contributed by atoms with Gasteiger partial charge in [-0.2, -0.15) is 21.0 Å². The molecule has 0 unspecified atom stereocenters. The minimum absolute atomic E-state index is 0.0191. The van der Waals surface area contributed by atoms with Crippen molar-refractivity contribution in [1.82, 2.24) is 0 Å². The van der Waals surface area contributed by atoms with Gasteiger partial charge in [0.2, 0.25) is 0 Å². The Hall–Kier alpha value is -2.82. The molecule has 0 aliphatic heterocycles. The maximum Gasteiger partial charge on any atom is 0.102 e. The van der Waals surface area contributed by atoms with Crippen molar-refractivity contribution in [3.63, 3.8) is 0 Å². The molecule has 0 radical (unpaired) electrons. The highest BCUT2D eigenvalue weighted by Crippen LogP contribution is 2.28. The van der Waals surface area contributed by atoms with Gasteiger partial charge < -0.3 is 0 Å². The molecule has 0 bridgehead atoms. The number of nitriles is 4. The van der Waals surface area contributed by atoms with Gasteiger partial charge in [0.25, 0.3) is 0 Å². The van der Waals surface area contributed by atoms with Gasteiger partial charge >= 0.3 is 0 Å². The molecule has 0 saturated heterocycles. The summed E-state index contributed by atoms with van der Waals surface area (Å²) >= 11 is 0. The van der Waals surface area contributed by atoms with Crippen LogP contribution >= 0.6 is 0 Å². The third-order valence-electron chi connectivity index (χ3n) is 2.87. The largest absolute Gasteiger partial charge is 0.192 e. The van der Waals surface area contributed by atoms with Crippen molar-refractivity contribution < 1.29 is 0 Å². The van der Waals surface area contributed by atoms with Crippen molar-refractivity contribution in [2.24, 2.45) is 0 Å². The lowest BCUT2D eigenvalue weighted by Gasteiger charge is -2.13. The van der Waals surface area contributed by atoms with E-state index in [2.05, 4.69) is 0 Å². The van der Waals surface area contributed by atoms with E-state index < -0.39 is 0 Å². The van der Waals surface area contributed by atoms with Crippen LogP contribution in [0.25, 0.3) is 0 Å². The van der Waals surface area contributed by atoms with Crippen molar-refractivity contribution in [2.75, 3.05) is 0 Å². The summed E-state index contributed by atoms with van der Waals surface area (Å²) in [6.07, 6.45) is 1.11. The Morgan fingerprint density at radius 1 is 0.611 bits per heavy atom. The Balaban J connectivity index is 4.03. The van der Waals surface area contributed by atoms with Gasteiger partial charge in [0, 0.05) is 0 Å². The summed E-state index contributed by atoms with van der Waals surface area (Å²) in [5.41, 5.74) is 1.90. The van der Waals surface area contributed by atoms with Gasteiger partial charge in [0.15, 0.2) is 0 Å². The summed E-state index contributed by atoms with van der Waals surface area (Å²) in [5, 5.41) is 36.5. The summed E-state index contributed by atoms with van der Waals surface area (Å²) in [5.74, 6) is 0. The van der Waals surface area contributed by atoms with E-state index in [1.54, 1.807) is 0 Å². The number of hydrogen-bond donors (Lipinski definition) is 0. The summed E-state index contributed by atoms with van der Waals surface area (Å²) in [6, 6.07) is 7.71. The van der Waals surface area contributed by atoms with Gasteiger partial charge in [0.1, 0.15) is 24.3 Å². The van der Waals surface area contributed by atoms with Crippen LogP contribution in [0.2, 0.25) is 0 Å². The Bertz CT molecular complexity index is 599. The van der Waals surface area contributed by atoms with Crippen LogP contribution in [-0.2, 0) is 12.8 Å². The topological polar surface area (TPSA) is 95.2 Å². The predicted octanol–water partition coefficient (Wildman–Crippen LogP) is 2.30. The quantitative estimate of drug-likeness (QED) is 0.784. The monoisotopic (exact) mass is 234 g/mol. The minimum atomic E-state index is 0.0191. The van der Waals surface area contributed by atoms with Gasteiger partial charge in [-0.25, -0.2) is 0 Å². The molecule has 4 nitrogen and oxygen atoms in total. The molecule has 0 amide bonds. The third-order valence-corrected chi connectivity index (χ3v) is 2.87. The lowest BCUT2D eigenvalue weighted by Crippen LogP contribution is -2.06. The highest BCUT2D eigenvalue weighted by Gasteiger charge is 2.22. The Morgan fingerprint density at radius 2 is 0.889 bits per heavy atom. The lowest BCUT2D eigenvalue weighted by molar-refractivity contribution is 1.02. The second-order valence-electron chi connectivity index (χ2n) is 3.61. The fraction of sp³-hybridized carbons (Fsp3) is 0.286. The molecule has 0 saturated carbocycles. The summed E-state index contributed by atoms with van der Waals surface area (Å²) in [4.78, 5) is 0. The molecule has 0 aliphatic rings. The second-order valence-corrected chi connectivity index (χ2v) is 3.61. The first-order valence-electron chi connectivity index (χ1n) is 5.52. The molecule has 0 fully saturated rings. The number of rotatable bonds is 2. The molecule has 0 aliphatic carbocycles. The van der Waals surface area contributed by atoms with Crippen molar-refractivity contribution >= 4 is 0 Å². The molecular formula is C14H10N4. The van der Waals surface area contributed by atoms with E-state index in [9.17, 15) is 10.5 Å². The smallest absolute Gasteiger partial charge is 0.102 e. The average molecular weight is 234 g/mol. The van der Waals surface area contributed by atoms with E-state index in [4.69, 9.17) is 10.5 Å². The predicted molar refractivity (Wildman–Crippen MR) is 64.1 cm³/mol. The zero-order valence-electron chi connectivity index (χ0n) is 10.2. The first-order valence-corrected chi connectivity index (χ1v) is 5.52. The van der Waals surface area contributed by atoms with Crippen LogP contribution in [0, 0.1) is 45.3 Å². The summed E-state index contributed by atoms with van der Waals surface area (Å²) < 4.78 is 0. The van der Waals surface area contributed by atoms with Crippen molar-refractivity contribution in [3.8, 4) is 24.3 Å². The van der Waals surface area contributed by atoms with E-state index in [1.165, 1.54) is 0 Å². The van der Waals surface area contributed by atoms with E-state index in [-0.39, 0.29) is 22.3 Å². The zero-order valence-corrected chi connectivity index (χ0v) is 10.2. The average Bonchev–Trinajstić information content (AvgIpc) is 2.43. The fourth-order valence-corrected chi connectivity index (χ4v) is 2.10. The maximum absolute atomic E-state index is 9.17. The van der Waals surface area contributed by atoms with Crippen LogP contribution in [-0.4, -0.2) is 0 Å². The molecule has 86 valence electrons. The Labute approximate surface area is 106 Å². The highest BCUT2D eigenvalue weighted by molar-refractivity contribution is 5.67. The van der Waals surface area contributed by atoms with E-state index in [0.29, 0.717) is 24.0 Å². The summed E-state index contributed by atoms with van der Waals surface area (Å²) in [6.45, 7) is 3.73. The van der Waals surface area contributed by atoms with Crippen molar-refractivity contribution in [3.05, 3.63) is 33.4 Å². The van der Waals surface area contributed by atoms with Crippen LogP contribution in [0.4, 0.5) is 0 Å². The van der Waals surface area contributed by atoms with Crippen LogP contribution in [0.3, 0.4) is 0 Å². The van der Waals surface area contributed by atoms with Gasteiger partial charge in [-0.1, -0.05) is 13.8 Å².